The molecule has 0 spiro atoms. The molecule has 3 rings (SSSR count). The third kappa shape index (κ3) is 4.71. The van der Waals surface area contributed by atoms with E-state index in [-0.39, 0.29) is 18.6 Å². The Balaban J connectivity index is 1.57. The average Bonchev–Trinajstić information content (AvgIpc) is 3.14. The number of nitrogens with one attached hydrogen (secondary N) is 1. The van der Waals surface area contributed by atoms with E-state index in [0.29, 0.717) is 18.0 Å². The highest BCUT2D eigenvalue weighted by molar-refractivity contribution is 5.77. The van der Waals surface area contributed by atoms with Gasteiger partial charge in [0.05, 0.1) is 19.8 Å². The second-order valence-corrected chi connectivity index (χ2v) is 6.69. The molecule has 1 aliphatic rings. The van der Waals surface area contributed by atoms with Gasteiger partial charge in [0.25, 0.3) is 5.91 Å². The first-order chi connectivity index (χ1) is 13.1. The van der Waals surface area contributed by atoms with Crippen molar-refractivity contribution in [2.24, 2.45) is 0 Å². The fraction of sp³-hybridized carbons (Fsp3) is 0.381. The average molecular weight is 370 g/mol. The molecule has 1 atom stereocenters. The van der Waals surface area contributed by atoms with Crippen LogP contribution in [0.4, 0.5) is 0 Å². The number of nitrogens with zero attached hydrogens (tertiary/aromatic N) is 1. The maximum Gasteiger partial charge on any atom is 0.258 e. The molecule has 1 aliphatic heterocycles. The molecule has 2 aromatic rings. The van der Waals surface area contributed by atoms with Crippen molar-refractivity contribution in [1.82, 2.24) is 10.2 Å². The molecule has 1 unspecified atom stereocenters. The number of hydrogen-bond acceptors (Lipinski definition) is 5. The Morgan fingerprint density at radius 3 is 2.74 bits per heavy atom. The van der Waals surface area contributed by atoms with Crippen LogP contribution in [0.1, 0.15) is 17.2 Å². The number of amides is 1. The van der Waals surface area contributed by atoms with Gasteiger partial charge >= 0.3 is 0 Å². The first-order valence-corrected chi connectivity index (χ1v) is 9.03. The van der Waals surface area contributed by atoms with Crippen LogP contribution in [0.25, 0.3) is 0 Å². The Kier molecular flexibility index (Phi) is 6.19. The van der Waals surface area contributed by atoms with Crippen molar-refractivity contribution < 1.29 is 19.0 Å². The van der Waals surface area contributed by atoms with Gasteiger partial charge in [0, 0.05) is 13.0 Å². The summed E-state index contributed by atoms with van der Waals surface area (Å²) in [5.41, 5.74) is 2.39. The zero-order chi connectivity index (χ0) is 19.2. The Hall–Kier alpha value is -2.73. The summed E-state index contributed by atoms with van der Waals surface area (Å²) in [5, 5.41) is 2.96. The third-order valence-corrected chi connectivity index (χ3v) is 4.64. The van der Waals surface area contributed by atoms with Crippen molar-refractivity contribution in [3.63, 3.8) is 0 Å². The van der Waals surface area contributed by atoms with Crippen LogP contribution in [0.2, 0.25) is 0 Å². The predicted octanol–water partition coefficient (Wildman–Crippen LogP) is 2.43. The van der Waals surface area contributed by atoms with Crippen LogP contribution in [-0.4, -0.2) is 51.8 Å². The lowest BCUT2D eigenvalue weighted by molar-refractivity contribution is -0.123. The summed E-state index contributed by atoms with van der Waals surface area (Å²) in [7, 11) is 5.59. The molecule has 0 fully saturated rings. The lowest BCUT2D eigenvalue weighted by Crippen LogP contribution is -2.36. The van der Waals surface area contributed by atoms with Gasteiger partial charge in [-0.25, -0.2) is 0 Å². The maximum absolute atomic E-state index is 12.2. The lowest BCUT2D eigenvalue weighted by Gasteiger charge is -2.25. The summed E-state index contributed by atoms with van der Waals surface area (Å²) >= 11 is 0. The summed E-state index contributed by atoms with van der Waals surface area (Å²) < 4.78 is 16.4. The second kappa shape index (κ2) is 8.77. The smallest absolute Gasteiger partial charge is 0.258 e. The van der Waals surface area contributed by atoms with Gasteiger partial charge in [-0.1, -0.05) is 24.3 Å². The summed E-state index contributed by atoms with van der Waals surface area (Å²) in [6, 6.07) is 13.6. The molecular formula is C21H26N2O4. The van der Waals surface area contributed by atoms with E-state index < -0.39 is 0 Å². The van der Waals surface area contributed by atoms with Gasteiger partial charge in [-0.05, 0) is 43.4 Å². The van der Waals surface area contributed by atoms with Crippen molar-refractivity contribution in [3.8, 4) is 17.2 Å². The van der Waals surface area contributed by atoms with Crippen LogP contribution in [0.15, 0.2) is 42.5 Å². The van der Waals surface area contributed by atoms with Crippen molar-refractivity contribution in [1.29, 1.82) is 0 Å². The number of hydrogen-bond donors (Lipinski definition) is 1. The normalized spacial score (nSPS) is 13.6. The van der Waals surface area contributed by atoms with E-state index in [0.717, 1.165) is 24.3 Å². The molecule has 0 saturated heterocycles. The van der Waals surface area contributed by atoms with Crippen molar-refractivity contribution in [3.05, 3.63) is 53.6 Å². The highest BCUT2D eigenvalue weighted by Gasteiger charge is 2.19. The number of rotatable bonds is 8. The third-order valence-electron chi connectivity index (χ3n) is 4.64. The van der Waals surface area contributed by atoms with Crippen LogP contribution in [0.3, 0.4) is 0 Å². The molecule has 1 amide bonds. The summed E-state index contributed by atoms with van der Waals surface area (Å²) in [6.45, 7) is 1.18. The van der Waals surface area contributed by atoms with Gasteiger partial charge in [0.1, 0.15) is 5.75 Å². The fourth-order valence-corrected chi connectivity index (χ4v) is 3.16. The lowest BCUT2D eigenvalue weighted by atomic mass is 10.0. The number of methoxy groups -OCH3 is 1. The zero-order valence-corrected chi connectivity index (χ0v) is 16.0. The zero-order valence-electron chi connectivity index (χ0n) is 16.0. The molecule has 1 N–H and O–H groups in total. The number of fused-ring (bicyclic) bond motifs is 1. The molecule has 0 bridgehead atoms. The van der Waals surface area contributed by atoms with E-state index in [1.165, 1.54) is 5.56 Å². The summed E-state index contributed by atoms with van der Waals surface area (Å²) in [6.07, 6.45) is 0.933. The second-order valence-electron chi connectivity index (χ2n) is 6.69. The van der Waals surface area contributed by atoms with E-state index in [1.54, 1.807) is 19.2 Å². The molecule has 0 aromatic heterocycles. The van der Waals surface area contributed by atoms with Crippen molar-refractivity contribution >= 4 is 5.91 Å². The molecular weight excluding hydrogens is 344 g/mol. The Morgan fingerprint density at radius 2 is 2.00 bits per heavy atom. The van der Waals surface area contributed by atoms with E-state index in [4.69, 9.17) is 14.2 Å². The standard InChI is InChI=1S/C21H26N2O4/c1-23(2)17(15-8-9-18-16(12-15)10-11-26-18)13-22-21(24)14-27-20-7-5-4-6-19(20)25-3/h4-9,12,17H,10-11,13-14H2,1-3H3,(H,22,24). The molecule has 0 saturated carbocycles. The van der Waals surface area contributed by atoms with E-state index in [2.05, 4.69) is 22.3 Å². The molecule has 27 heavy (non-hydrogen) atoms. The summed E-state index contributed by atoms with van der Waals surface area (Å²) in [5.74, 6) is 1.96. The largest absolute Gasteiger partial charge is 0.493 e. The molecule has 6 heteroatoms. The quantitative estimate of drug-likeness (QED) is 0.773. The van der Waals surface area contributed by atoms with E-state index >= 15 is 0 Å². The predicted molar refractivity (Wildman–Crippen MR) is 104 cm³/mol. The molecule has 1 heterocycles. The number of ether oxygens (including phenoxy) is 3. The number of para-hydroxylation sites is 2. The highest BCUT2D eigenvalue weighted by atomic mass is 16.5. The van der Waals surface area contributed by atoms with Crippen molar-refractivity contribution in [2.75, 3.05) is 41.0 Å². The van der Waals surface area contributed by atoms with Crippen LogP contribution in [0.5, 0.6) is 17.2 Å². The minimum absolute atomic E-state index is 0.0570. The first kappa shape index (κ1) is 19.0. The SMILES string of the molecule is COc1ccccc1OCC(=O)NCC(c1ccc2c(c1)CCO2)N(C)C. The van der Waals surface area contributed by atoms with Gasteiger partial charge in [-0.15, -0.1) is 0 Å². The van der Waals surface area contributed by atoms with Gasteiger partial charge in [-0.2, -0.15) is 0 Å². The first-order valence-electron chi connectivity index (χ1n) is 9.03. The topological polar surface area (TPSA) is 60.0 Å². The van der Waals surface area contributed by atoms with Crippen LogP contribution in [-0.2, 0) is 11.2 Å². The van der Waals surface area contributed by atoms with E-state index in [1.807, 2.05) is 32.3 Å². The molecule has 0 aliphatic carbocycles. The molecule has 2 aromatic carbocycles. The summed E-state index contributed by atoms with van der Waals surface area (Å²) in [4.78, 5) is 14.3. The number of carbonyl (C=O) groups excluding carboxylic acids is 1. The Labute approximate surface area is 160 Å². The number of likely N-dealkylation sites (N-methyl/N-ethyl adjacent to an activating group) is 1. The minimum atomic E-state index is -0.169. The van der Waals surface area contributed by atoms with E-state index in [9.17, 15) is 4.79 Å². The molecule has 0 radical (unpaired) electrons. The van der Waals surface area contributed by atoms with Crippen LogP contribution < -0.4 is 19.5 Å². The fourth-order valence-electron chi connectivity index (χ4n) is 3.16. The van der Waals surface area contributed by atoms with Gasteiger partial charge in [-0.3, -0.25) is 4.79 Å². The maximum atomic E-state index is 12.2. The number of benzene rings is 2. The van der Waals surface area contributed by atoms with Gasteiger partial charge < -0.3 is 24.4 Å². The Bertz CT molecular complexity index is 792. The monoisotopic (exact) mass is 370 g/mol. The molecule has 6 nitrogen and oxygen atoms in total. The minimum Gasteiger partial charge on any atom is -0.493 e. The van der Waals surface area contributed by atoms with Crippen LogP contribution in [0, 0.1) is 0 Å². The van der Waals surface area contributed by atoms with Gasteiger partial charge in [0.15, 0.2) is 18.1 Å². The van der Waals surface area contributed by atoms with Gasteiger partial charge in [0.2, 0.25) is 0 Å². The van der Waals surface area contributed by atoms with Crippen molar-refractivity contribution in [2.45, 2.75) is 12.5 Å². The highest BCUT2D eigenvalue weighted by Crippen LogP contribution is 2.29. The Morgan fingerprint density at radius 1 is 1.22 bits per heavy atom. The molecule has 144 valence electrons. The number of carbonyl (C=O) groups is 1. The van der Waals surface area contributed by atoms with Crippen LogP contribution >= 0.6 is 0 Å².